The Morgan fingerprint density at radius 1 is 1.25 bits per heavy atom. The van der Waals surface area contributed by atoms with Crippen LogP contribution in [0.5, 0.6) is 0 Å². The monoisotopic (exact) mass is 214 g/mol. The summed E-state index contributed by atoms with van der Waals surface area (Å²) in [6.45, 7) is 10.7. The number of allylic oxidation sites excluding steroid dienone is 3. The van der Waals surface area contributed by atoms with E-state index in [-0.39, 0.29) is 0 Å². The molecule has 1 aromatic rings. The molecule has 0 heterocycles. The molecule has 0 spiro atoms. The molecule has 0 N–H and O–H groups in total. The minimum absolute atomic E-state index is 1.02. The van der Waals surface area contributed by atoms with Crippen LogP contribution in [0, 0.1) is 6.92 Å². The Hall–Kier alpha value is -1.30. The van der Waals surface area contributed by atoms with E-state index in [0.717, 1.165) is 12.8 Å². The number of benzene rings is 1. The van der Waals surface area contributed by atoms with Gasteiger partial charge in [-0.05, 0) is 42.0 Å². The average molecular weight is 214 g/mol. The van der Waals surface area contributed by atoms with Crippen molar-refractivity contribution in [3.05, 3.63) is 53.6 Å². The second kappa shape index (κ2) is 6.32. The van der Waals surface area contributed by atoms with E-state index in [2.05, 4.69) is 57.7 Å². The highest BCUT2D eigenvalue weighted by Gasteiger charge is 2.06. The SMILES string of the molecule is C=C(CC)C(=CCCC)c1ccccc1C. The van der Waals surface area contributed by atoms with Gasteiger partial charge >= 0.3 is 0 Å². The molecule has 16 heavy (non-hydrogen) atoms. The van der Waals surface area contributed by atoms with Gasteiger partial charge in [0.15, 0.2) is 0 Å². The highest BCUT2D eigenvalue weighted by Crippen LogP contribution is 2.27. The fourth-order valence-corrected chi connectivity index (χ4v) is 1.80. The first kappa shape index (κ1) is 12.8. The third kappa shape index (κ3) is 3.10. The van der Waals surface area contributed by atoms with Crippen LogP contribution in [0.3, 0.4) is 0 Å². The molecule has 0 aliphatic heterocycles. The topological polar surface area (TPSA) is 0 Å². The molecule has 0 aliphatic rings. The molecule has 0 radical (unpaired) electrons. The summed E-state index contributed by atoms with van der Waals surface area (Å²) >= 11 is 0. The third-order valence-electron chi connectivity index (χ3n) is 2.88. The summed E-state index contributed by atoms with van der Waals surface area (Å²) in [5.74, 6) is 0. The van der Waals surface area contributed by atoms with Crippen molar-refractivity contribution in [1.82, 2.24) is 0 Å². The van der Waals surface area contributed by atoms with E-state index < -0.39 is 0 Å². The van der Waals surface area contributed by atoms with Crippen molar-refractivity contribution in [1.29, 1.82) is 0 Å². The molecule has 0 nitrogen and oxygen atoms in total. The van der Waals surface area contributed by atoms with Gasteiger partial charge in [-0.3, -0.25) is 0 Å². The largest absolute Gasteiger partial charge is 0.0952 e. The van der Waals surface area contributed by atoms with E-state index in [4.69, 9.17) is 0 Å². The van der Waals surface area contributed by atoms with Crippen molar-refractivity contribution in [2.24, 2.45) is 0 Å². The third-order valence-corrected chi connectivity index (χ3v) is 2.88. The first-order valence-electron chi connectivity index (χ1n) is 6.15. The summed E-state index contributed by atoms with van der Waals surface area (Å²) in [6, 6.07) is 8.55. The molecule has 0 fully saturated rings. The molecule has 0 atom stereocenters. The Morgan fingerprint density at radius 2 is 1.94 bits per heavy atom. The van der Waals surface area contributed by atoms with Crippen molar-refractivity contribution in [3.8, 4) is 0 Å². The number of unbranched alkanes of at least 4 members (excludes halogenated alkanes) is 1. The predicted molar refractivity (Wildman–Crippen MR) is 73.5 cm³/mol. The normalized spacial score (nSPS) is 11.6. The molecule has 0 saturated carbocycles. The molecule has 0 bridgehead atoms. The van der Waals surface area contributed by atoms with Gasteiger partial charge < -0.3 is 0 Å². The Morgan fingerprint density at radius 3 is 2.50 bits per heavy atom. The van der Waals surface area contributed by atoms with Crippen LogP contribution in [-0.2, 0) is 0 Å². The lowest BCUT2D eigenvalue weighted by molar-refractivity contribution is 0.958. The molecular weight excluding hydrogens is 192 g/mol. The van der Waals surface area contributed by atoms with Crippen molar-refractivity contribution >= 4 is 5.57 Å². The summed E-state index contributed by atoms with van der Waals surface area (Å²) in [4.78, 5) is 0. The van der Waals surface area contributed by atoms with Crippen LogP contribution >= 0.6 is 0 Å². The predicted octanol–water partition coefficient (Wildman–Crippen LogP) is 5.14. The van der Waals surface area contributed by atoms with Gasteiger partial charge in [-0.15, -0.1) is 0 Å². The molecular formula is C16H22. The van der Waals surface area contributed by atoms with Crippen molar-refractivity contribution in [2.45, 2.75) is 40.0 Å². The lowest BCUT2D eigenvalue weighted by atomic mass is 9.93. The summed E-state index contributed by atoms with van der Waals surface area (Å²) < 4.78 is 0. The van der Waals surface area contributed by atoms with Gasteiger partial charge in [-0.25, -0.2) is 0 Å². The second-order valence-electron chi connectivity index (χ2n) is 4.18. The van der Waals surface area contributed by atoms with Gasteiger partial charge in [0.1, 0.15) is 0 Å². The van der Waals surface area contributed by atoms with Crippen LogP contribution in [0.2, 0.25) is 0 Å². The first-order chi connectivity index (χ1) is 7.70. The summed E-state index contributed by atoms with van der Waals surface area (Å²) in [5, 5.41) is 0. The zero-order valence-corrected chi connectivity index (χ0v) is 10.7. The summed E-state index contributed by atoms with van der Waals surface area (Å²) in [5.41, 5.74) is 5.24. The molecule has 0 aliphatic carbocycles. The van der Waals surface area contributed by atoms with E-state index >= 15 is 0 Å². The van der Waals surface area contributed by atoms with Gasteiger partial charge in [-0.2, -0.15) is 0 Å². The smallest absolute Gasteiger partial charge is 0.0155 e. The van der Waals surface area contributed by atoms with Crippen LogP contribution in [0.15, 0.2) is 42.5 Å². The number of hydrogen-bond acceptors (Lipinski definition) is 0. The van der Waals surface area contributed by atoms with Crippen LogP contribution in [0.1, 0.15) is 44.2 Å². The van der Waals surface area contributed by atoms with Gasteiger partial charge in [-0.1, -0.05) is 57.2 Å². The molecule has 0 heteroatoms. The lowest BCUT2D eigenvalue weighted by Gasteiger charge is -2.12. The van der Waals surface area contributed by atoms with E-state index in [9.17, 15) is 0 Å². The Labute approximate surface area is 99.7 Å². The van der Waals surface area contributed by atoms with Crippen molar-refractivity contribution < 1.29 is 0 Å². The minimum Gasteiger partial charge on any atom is -0.0952 e. The van der Waals surface area contributed by atoms with Gasteiger partial charge in [0, 0.05) is 0 Å². The standard InChI is InChI=1S/C16H22/c1-5-7-11-15(13(3)6-2)16-12-9-8-10-14(16)4/h8-12H,3,5-7H2,1-2,4H3. The fourth-order valence-electron chi connectivity index (χ4n) is 1.80. The molecule has 1 aromatic carbocycles. The molecule has 0 saturated heterocycles. The van der Waals surface area contributed by atoms with Crippen LogP contribution in [-0.4, -0.2) is 0 Å². The van der Waals surface area contributed by atoms with Gasteiger partial charge in [0.2, 0.25) is 0 Å². The zero-order valence-electron chi connectivity index (χ0n) is 10.7. The van der Waals surface area contributed by atoms with Crippen LogP contribution in [0.4, 0.5) is 0 Å². The Bertz CT molecular complexity index is 383. The molecule has 86 valence electrons. The Balaban J connectivity index is 3.11. The van der Waals surface area contributed by atoms with Gasteiger partial charge in [0.25, 0.3) is 0 Å². The van der Waals surface area contributed by atoms with Crippen molar-refractivity contribution in [2.75, 3.05) is 0 Å². The molecule has 1 rings (SSSR count). The maximum absolute atomic E-state index is 4.18. The number of rotatable bonds is 5. The Kier molecular flexibility index (Phi) is 5.04. The highest BCUT2D eigenvalue weighted by atomic mass is 14.1. The highest BCUT2D eigenvalue weighted by molar-refractivity contribution is 5.79. The number of aryl methyl sites for hydroxylation is 1. The molecule has 0 amide bonds. The summed E-state index contributed by atoms with van der Waals surface area (Å²) in [7, 11) is 0. The first-order valence-corrected chi connectivity index (χ1v) is 6.15. The maximum Gasteiger partial charge on any atom is -0.0155 e. The second-order valence-corrected chi connectivity index (χ2v) is 4.18. The molecule has 0 unspecified atom stereocenters. The van der Waals surface area contributed by atoms with Crippen molar-refractivity contribution in [3.63, 3.8) is 0 Å². The quantitative estimate of drug-likeness (QED) is 0.595. The average Bonchev–Trinajstić information content (AvgIpc) is 2.31. The van der Waals surface area contributed by atoms with E-state index in [1.54, 1.807) is 0 Å². The maximum atomic E-state index is 4.18. The fraction of sp³-hybridized carbons (Fsp3) is 0.375. The summed E-state index contributed by atoms with van der Waals surface area (Å²) in [6.07, 6.45) is 5.66. The molecule has 0 aromatic heterocycles. The van der Waals surface area contributed by atoms with Crippen LogP contribution in [0.25, 0.3) is 5.57 Å². The zero-order chi connectivity index (χ0) is 12.0. The van der Waals surface area contributed by atoms with Crippen LogP contribution < -0.4 is 0 Å². The van der Waals surface area contributed by atoms with E-state index in [1.807, 2.05) is 0 Å². The van der Waals surface area contributed by atoms with E-state index in [1.165, 1.54) is 28.7 Å². The van der Waals surface area contributed by atoms with Gasteiger partial charge in [0.05, 0.1) is 0 Å². The lowest BCUT2D eigenvalue weighted by Crippen LogP contribution is -1.91. The van der Waals surface area contributed by atoms with E-state index in [0.29, 0.717) is 0 Å². The number of hydrogen-bond donors (Lipinski definition) is 0. The minimum atomic E-state index is 1.02.